The average Bonchev–Trinajstić information content (AvgIpc) is 3.45. The van der Waals surface area contributed by atoms with Gasteiger partial charge < -0.3 is 29.8 Å². The molecule has 4 aliphatic rings. The number of aromatic nitrogens is 1. The fourth-order valence-corrected chi connectivity index (χ4v) is 7.93. The van der Waals surface area contributed by atoms with E-state index in [1.165, 1.54) is 13.5 Å². The number of methoxy groups -OCH3 is 1. The van der Waals surface area contributed by atoms with E-state index in [1.807, 2.05) is 48.7 Å². The van der Waals surface area contributed by atoms with Crippen LogP contribution in [0.15, 0.2) is 72.9 Å². The number of para-hydroxylation sites is 1. The van der Waals surface area contributed by atoms with Gasteiger partial charge in [-0.1, -0.05) is 48.5 Å². The fourth-order valence-electron chi connectivity index (χ4n) is 7.93. The molecule has 4 fully saturated rings. The lowest BCUT2D eigenvalue weighted by molar-refractivity contribution is -0.152. The molecule has 46 heavy (non-hydrogen) atoms. The number of amides is 2. The first kappa shape index (κ1) is 31.4. The third-order valence-corrected chi connectivity index (χ3v) is 9.90. The third-order valence-electron chi connectivity index (χ3n) is 9.90. The molecule has 0 radical (unpaired) electrons. The van der Waals surface area contributed by atoms with E-state index < -0.39 is 35.5 Å². The molecular formula is C36H41N3O7. The Morgan fingerprint density at radius 3 is 2.30 bits per heavy atom. The number of esters is 2. The monoisotopic (exact) mass is 627 g/mol. The molecule has 1 heterocycles. The second kappa shape index (κ2) is 13.4. The smallest absolute Gasteiger partial charge is 0.408 e. The van der Waals surface area contributed by atoms with E-state index in [2.05, 4.69) is 20.4 Å². The van der Waals surface area contributed by atoms with Gasteiger partial charge in [0.2, 0.25) is 5.91 Å². The summed E-state index contributed by atoms with van der Waals surface area (Å²) in [6.45, 7) is 1.43. The molecule has 10 nitrogen and oxygen atoms in total. The molecule has 3 aromatic rings. The summed E-state index contributed by atoms with van der Waals surface area (Å²) in [4.78, 5) is 54.9. The van der Waals surface area contributed by atoms with E-state index >= 15 is 0 Å². The number of fused-ring (bicyclic) bond motifs is 1. The lowest BCUT2D eigenvalue weighted by atomic mass is 9.55. The maximum absolute atomic E-state index is 14.0. The van der Waals surface area contributed by atoms with E-state index in [0.29, 0.717) is 17.4 Å². The summed E-state index contributed by atoms with van der Waals surface area (Å²) in [5.41, 5.74) is 0.967. The molecule has 2 aromatic carbocycles. The molecule has 4 aliphatic carbocycles. The van der Waals surface area contributed by atoms with E-state index in [-0.39, 0.29) is 19.1 Å². The molecule has 4 bridgehead atoms. The Hall–Kier alpha value is -4.60. The molecule has 1 aromatic heterocycles. The van der Waals surface area contributed by atoms with Crippen LogP contribution >= 0.6 is 0 Å². The van der Waals surface area contributed by atoms with Crippen LogP contribution < -0.4 is 10.6 Å². The topological polar surface area (TPSA) is 136 Å². The SMILES string of the molecule is COC(=O)/C=C/C(=O)NC(COC(=O)[C@@](C)(Cc1c[nH]c2ccccc12)NC(=O)OC1C2CC3CC(C2)CC1C3)c1ccccc1. The largest absolute Gasteiger partial charge is 0.466 e. The summed E-state index contributed by atoms with van der Waals surface area (Å²) in [5, 5.41) is 6.62. The summed E-state index contributed by atoms with van der Waals surface area (Å²) >= 11 is 0. The van der Waals surface area contributed by atoms with Gasteiger partial charge in [0.05, 0.1) is 13.2 Å². The van der Waals surface area contributed by atoms with Crippen molar-refractivity contribution in [3.8, 4) is 0 Å². The van der Waals surface area contributed by atoms with Gasteiger partial charge in [0.15, 0.2) is 0 Å². The Labute approximate surface area is 268 Å². The van der Waals surface area contributed by atoms with Gasteiger partial charge >= 0.3 is 18.0 Å². The summed E-state index contributed by atoms with van der Waals surface area (Å²) in [6, 6.07) is 16.1. The molecule has 0 spiro atoms. The van der Waals surface area contributed by atoms with Crippen LogP contribution in [0.25, 0.3) is 10.9 Å². The van der Waals surface area contributed by atoms with Crippen molar-refractivity contribution in [1.29, 1.82) is 0 Å². The Bertz CT molecular complexity index is 1590. The first-order valence-electron chi connectivity index (χ1n) is 16.0. The minimum atomic E-state index is -1.48. The van der Waals surface area contributed by atoms with Crippen LogP contribution in [0.1, 0.15) is 56.2 Å². The van der Waals surface area contributed by atoms with Crippen molar-refractivity contribution in [2.24, 2.45) is 23.7 Å². The maximum Gasteiger partial charge on any atom is 0.408 e. The van der Waals surface area contributed by atoms with Crippen molar-refractivity contribution in [3.63, 3.8) is 0 Å². The van der Waals surface area contributed by atoms with Gasteiger partial charge in [-0.2, -0.15) is 0 Å². The standard InChI is InChI=1S/C36H41N3O7/c1-36(19-27-20-37-29-11-7-6-10-28(27)29,39-35(43)46-33-25-15-22-14-23(17-25)18-26(33)16-22)34(42)45-21-30(24-8-4-3-5-9-24)38-31(40)12-13-32(41)44-2/h3-13,20,22-23,25-26,30,33,37H,14-19,21H2,1-2H3,(H,38,40)(H,39,43)/b13-12+/t22?,23?,25?,26?,30?,33?,36-/m1/s1. The van der Waals surface area contributed by atoms with Crippen LogP contribution in [0.4, 0.5) is 4.79 Å². The molecule has 3 N–H and O–H groups in total. The Morgan fingerprint density at radius 1 is 0.935 bits per heavy atom. The molecule has 4 saturated carbocycles. The molecule has 10 heteroatoms. The van der Waals surface area contributed by atoms with E-state index in [1.54, 1.807) is 19.1 Å². The minimum absolute atomic E-state index is 0.142. The van der Waals surface area contributed by atoms with Crippen LogP contribution in [-0.4, -0.2) is 54.3 Å². The van der Waals surface area contributed by atoms with E-state index in [0.717, 1.165) is 66.1 Å². The fraction of sp³-hybridized carbons (Fsp3) is 0.444. The molecule has 2 amide bonds. The number of hydrogen-bond donors (Lipinski definition) is 3. The lowest BCUT2D eigenvalue weighted by Crippen LogP contribution is -2.57. The molecule has 0 aliphatic heterocycles. The quantitative estimate of drug-likeness (QED) is 0.152. The highest BCUT2D eigenvalue weighted by molar-refractivity contribution is 5.94. The van der Waals surface area contributed by atoms with Crippen LogP contribution in [0, 0.1) is 23.7 Å². The average molecular weight is 628 g/mol. The molecule has 242 valence electrons. The number of rotatable bonds is 11. The predicted molar refractivity (Wildman–Crippen MR) is 170 cm³/mol. The van der Waals surface area contributed by atoms with Crippen LogP contribution in [0.2, 0.25) is 0 Å². The van der Waals surface area contributed by atoms with Gasteiger partial charge in [-0.25, -0.2) is 14.4 Å². The van der Waals surface area contributed by atoms with Crippen molar-refractivity contribution in [2.45, 2.75) is 63.1 Å². The van der Waals surface area contributed by atoms with Gasteiger partial charge in [0.1, 0.15) is 18.2 Å². The number of H-pyrrole nitrogens is 1. The van der Waals surface area contributed by atoms with Gasteiger partial charge in [0, 0.05) is 35.7 Å². The summed E-state index contributed by atoms with van der Waals surface area (Å²) in [7, 11) is 1.22. The number of nitrogens with one attached hydrogen (secondary N) is 3. The Morgan fingerprint density at radius 2 is 1.61 bits per heavy atom. The number of benzene rings is 2. The second-order valence-electron chi connectivity index (χ2n) is 13.2. The first-order valence-corrected chi connectivity index (χ1v) is 16.0. The zero-order valence-electron chi connectivity index (χ0n) is 26.2. The molecule has 0 saturated heterocycles. The second-order valence-corrected chi connectivity index (χ2v) is 13.2. The number of alkyl carbamates (subject to hydrolysis) is 1. The summed E-state index contributed by atoms with van der Waals surface area (Å²) in [6.07, 6.45) is 8.98. The van der Waals surface area contributed by atoms with Gasteiger partial charge in [-0.3, -0.25) is 4.79 Å². The van der Waals surface area contributed by atoms with Gasteiger partial charge in [-0.05, 0) is 79.9 Å². The predicted octanol–water partition coefficient (Wildman–Crippen LogP) is 5.15. The molecule has 1 unspecified atom stereocenters. The highest BCUT2D eigenvalue weighted by atomic mass is 16.6. The number of carbonyl (C=O) groups is 4. The number of carbonyl (C=O) groups excluding carboxylic acids is 4. The van der Waals surface area contributed by atoms with Crippen LogP contribution in [0.5, 0.6) is 0 Å². The number of aromatic amines is 1. The summed E-state index contributed by atoms with van der Waals surface area (Å²) < 4.78 is 16.5. The van der Waals surface area contributed by atoms with Gasteiger partial charge in [0.25, 0.3) is 0 Å². The highest BCUT2D eigenvalue weighted by Gasteiger charge is 2.50. The van der Waals surface area contributed by atoms with Crippen LogP contribution in [0.3, 0.4) is 0 Å². The van der Waals surface area contributed by atoms with E-state index in [4.69, 9.17) is 9.47 Å². The highest BCUT2D eigenvalue weighted by Crippen LogP contribution is 2.54. The van der Waals surface area contributed by atoms with Gasteiger partial charge in [-0.15, -0.1) is 0 Å². The van der Waals surface area contributed by atoms with Crippen LogP contribution in [-0.2, 0) is 35.0 Å². The minimum Gasteiger partial charge on any atom is -0.466 e. The Kier molecular flexibility index (Phi) is 9.15. The van der Waals surface area contributed by atoms with Crippen molar-refractivity contribution < 1.29 is 33.4 Å². The molecular weight excluding hydrogens is 586 g/mol. The van der Waals surface area contributed by atoms with Crippen molar-refractivity contribution >= 4 is 34.8 Å². The first-order chi connectivity index (χ1) is 22.2. The van der Waals surface area contributed by atoms with Crippen molar-refractivity contribution in [1.82, 2.24) is 15.6 Å². The zero-order valence-corrected chi connectivity index (χ0v) is 26.2. The number of ether oxygens (including phenoxy) is 3. The Balaban J connectivity index is 1.19. The lowest BCUT2D eigenvalue weighted by Gasteiger charge is -2.53. The summed E-state index contributed by atoms with van der Waals surface area (Å²) in [5.74, 6) is 0.324. The normalized spacial score (nSPS) is 25.0. The van der Waals surface area contributed by atoms with E-state index in [9.17, 15) is 19.2 Å². The molecule has 2 atom stereocenters. The third kappa shape index (κ3) is 6.95. The maximum atomic E-state index is 14.0. The zero-order chi connectivity index (χ0) is 32.3. The molecule has 7 rings (SSSR count). The number of hydrogen-bond acceptors (Lipinski definition) is 7. The van der Waals surface area contributed by atoms with Crippen molar-refractivity contribution in [3.05, 3.63) is 84.1 Å². The van der Waals surface area contributed by atoms with Crippen molar-refractivity contribution in [2.75, 3.05) is 13.7 Å².